The molecule has 0 bridgehead atoms. The summed E-state index contributed by atoms with van der Waals surface area (Å²) >= 11 is 1.48. The van der Waals surface area contributed by atoms with E-state index in [1.807, 2.05) is 24.3 Å². The first kappa shape index (κ1) is 14.7. The quantitative estimate of drug-likeness (QED) is 0.758. The Morgan fingerprint density at radius 3 is 2.70 bits per heavy atom. The van der Waals surface area contributed by atoms with Crippen molar-refractivity contribution in [1.29, 1.82) is 0 Å². The number of rotatable bonds is 8. The molecule has 1 heterocycles. The molecule has 0 atom stereocenters. The van der Waals surface area contributed by atoms with E-state index in [9.17, 15) is 0 Å². The average molecular weight is 293 g/mol. The van der Waals surface area contributed by atoms with Gasteiger partial charge >= 0.3 is 0 Å². The minimum atomic E-state index is 0.487. The van der Waals surface area contributed by atoms with Gasteiger partial charge in [0.15, 0.2) is 0 Å². The zero-order valence-corrected chi connectivity index (χ0v) is 12.6. The second kappa shape index (κ2) is 7.81. The zero-order chi connectivity index (χ0) is 14.2. The van der Waals surface area contributed by atoms with Crippen LogP contribution in [-0.4, -0.2) is 23.9 Å². The largest absolute Gasteiger partial charge is 0.497 e. The van der Waals surface area contributed by atoms with E-state index in [1.54, 1.807) is 7.11 Å². The van der Waals surface area contributed by atoms with Crippen LogP contribution >= 0.6 is 11.3 Å². The Kier molecular flexibility index (Phi) is 5.76. The average Bonchev–Trinajstić information content (AvgIpc) is 2.94. The van der Waals surface area contributed by atoms with E-state index in [0.29, 0.717) is 11.8 Å². The second-order valence-corrected chi connectivity index (χ2v) is 5.30. The first-order valence-corrected chi connectivity index (χ1v) is 7.42. The standard InChI is InChI=1S/C14H19N3O2S/c1-3-8-15-9-13-16-17-14(20-13)19-10-11-4-6-12(18-2)7-5-11/h4-7,15H,3,8-10H2,1-2H3. The number of nitrogens with zero attached hydrogens (tertiary/aromatic N) is 2. The van der Waals surface area contributed by atoms with Gasteiger partial charge in [-0.1, -0.05) is 35.5 Å². The third kappa shape index (κ3) is 4.47. The first-order valence-electron chi connectivity index (χ1n) is 6.60. The van der Waals surface area contributed by atoms with Crippen LogP contribution in [0.1, 0.15) is 23.9 Å². The number of hydrogen-bond acceptors (Lipinski definition) is 6. The summed E-state index contributed by atoms with van der Waals surface area (Å²) in [5, 5.41) is 13.0. The lowest BCUT2D eigenvalue weighted by molar-refractivity contribution is 0.301. The van der Waals surface area contributed by atoms with Crippen LogP contribution in [0, 0.1) is 0 Å². The van der Waals surface area contributed by atoms with Crippen LogP contribution in [0.4, 0.5) is 0 Å². The third-order valence-corrected chi connectivity index (χ3v) is 3.51. The molecule has 0 saturated carbocycles. The molecule has 6 heteroatoms. The van der Waals surface area contributed by atoms with Gasteiger partial charge in [0.1, 0.15) is 17.4 Å². The fourth-order valence-electron chi connectivity index (χ4n) is 1.61. The van der Waals surface area contributed by atoms with E-state index in [2.05, 4.69) is 22.4 Å². The van der Waals surface area contributed by atoms with Gasteiger partial charge in [-0.3, -0.25) is 0 Å². The Morgan fingerprint density at radius 1 is 1.20 bits per heavy atom. The molecule has 2 aromatic rings. The maximum absolute atomic E-state index is 5.63. The molecule has 2 rings (SSSR count). The lowest BCUT2D eigenvalue weighted by atomic mass is 10.2. The highest BCUT2D eigenvalue weighted by Crippen LogP contribution is 2.19. The number of nitrogens with one attached hydrogen (secondary N) is 1. The van der Waals surface area contributed by atoms with Gasteiger partial charge in [0.2, 0.25) is 0 Å². The van der Waals surface area contributed by atoms with Crippen LogP contribution in [0.2, 0.25) is 0 Å². The fraction of sp³-hybridized carbons (Fsp3) is 0.429. The molecule has 0 aliphatic heterocycles. The monoisotopic (exact) mass is 293 g/mol. The van der Waals surface area contributed by atoms with E-state index >= 15 is 0 Å². The molecule has 0 saturated heterocycles. The topological polar surface area (TPSA) is 56.3 Å². The van der Waals surface area contributed by atoms with Gasteiger partial charge in [-0.05, 0) is 30.7 Å². The number of hydrogen-bond donors (Lipinski definition) is 1. The lowest BCUT2D eigenvalue weighted by Crippen LogP contribution is -2.13. The van der Waals surface area contributed by atoms with Crippen molar-refractivity contribution in [2.45, 2.75) is 26.5 Å². The third-order valence-electron chi connectivity index (χ3n) is 2.67. The predicted octanol–water partition coefficient (Wildman–Crippen LogP) is 2.63. The highest BCUT2D eigenvalue weighted by molar-refractivity contribution is 7.13. The van der Waals surface area contributed by atoms with Gasteiger partial charge in [-0.25, -0.2) is 0 Å². The zero-order valence-electron chi connectivity index (χ0n) is 11.8. The van der Waals surface area contributed by atoms with Gasteiger partial charge in [-0.2, -0.15) is 0 Å². The first-order chi connectivity index (χ1) is 9.81. The molecule has 0 fully saturated rings. The molecule has 0 spiro atoms. The van der Waals surface area contributed by atoms with Crippen molar-refractivity contribution in [3.8, 4) is 10.9 Å². The minimum absolute atomic E-state index is 0.487. The van der Waals surface area contributed by atoms with Crippen LogP contribution in [0.3, 0.4) is 0 Å². The van der Waals surface area contributed by atoms with Crippen LogP contribution in [0.25, 0.3) is 0 Å². The van der Waals surface area contributed by atoms with Gasteiger partial charge in [0.25, 0.3) is 5.19 Å². The molecule has 0 radical (unpaired) electrons. The Hall–Kier alpha value is -1.66. The molecular weight excluding hydrogens is 274 g/mol. The van der Waals surface area contributed by atoms with Crippen molar-refractivity contribution < 1.29 is 9.47 Å². The van der Waals surface area contributed by atoms with Crippen molar-refractivity contribution in [3.63, 3.8) is 0 Å². The predicted molar refractivity (Wildman–Crippen MR) is 79.2 cm³/mol. The molecule has 0 aliphatic carbocycles. The molecule has 20 heavy (non-hydrogen) atoms. The number of aromatic nitrogens is 2. The summed E-state index contributed by atoms with van der Waals surface area (Å²) in [4.78, 5) is 0. The molecule has 1 N–H and O–H groups in total. The molecule has 108 valence electrons. The van der Waals surface area contributed by atoms with Gasteiger partial charge in [0.05, 0.1) is 7.11 Å². The molecule has 1 aromatic carbocycles. The van der Waals surface area contributed by atoms with Crippen molar-refractivity contribution in [2.24, 2.45) is 0 Å². The molecular formula is C14H19N3O2S. The van der Waals surface area contributed by atoms with Gasteiger partial charge in [-0.15, -0.1) is 5.10 Å². The van der Waals surface area contributed by atoms with Crippen molar-refractivity contribution in [3.05, 3.63) is 34.8 Å². The molecule has 0 amide bonds. The van der Waals surface area contributed by atoms with E-state index in [4.69, 9.17) is 9.47 Å². The number of ether oxygens (including phenoxy) is 2. The molecule has 0 aliphatic rings. The highest BCUT2D eigenvalue weighted by atomic mass is 32.1. The van der Waals surface area contributed by atoms with Gasteiger partial charge < -0.3 is 14.8 Å². The summed E-state index contributed by atoms with van der Waals surface area (Å²) in [6.07, 6.45) is 1.11. The summed E-state index contributed by atoms with van der Waals surface area (Å²) in [5.74, 6) is 0.842. The summed E-state index contributed by atoms with van der Waals surface area (Å²) in [6, 6.07) is 7.78. The van der Waals surface area contributed by atoms with Crippen LogP contribution in [0.5, 0.6) is 10.9 Å². The smallest absolute Gasteiger partial charge is 0.294 e. The molecule has 5 nitrogen and oxygen atoms in total. The Labute approximate surface area is 123 Å². The highest BCUT2D eigenvalue weighted by Gasteiger charge is 2.05. The Bertz CT molecular complexity index is 513. The van der Waals surface area contributed by atoms with Gasteiger partial charge in [0, 0.05) is 6.54 Å². The second-order valence-electron chi connectivity index (χ2n) is 4.28. The SMILES string of the molecule is CCCNCc1nnc(OCc2ccc(OC)cc2)s1. The minimum Gasteiger partial charge on any atom is -0.497 e. The summed E-state index contributed by atoms with van der Waals surface area (Å²) in [5.41, 5.74) is 1.08. The van der Waals surface area contributed by atoms with Crippen molar-refractivity contribution in [2.75, 3.05) is 13.7 Å². The van der Waals surface area contributed by atoms with Crippen molar-refractivity contribution in [1.82, 2.24) is 15.5 Å². The summed E-state index contributed by atoms with van der Waals surface area (Å²) in [7, 11) is 1.65. The van der Waals surface area contributed by atoms with Crippen LogP contribution in [-0.2, 0) is 13.2 Å². The van der Waals surface area contributed by atoms with Crippen molar-refractivity contribution >= 4 is 11.3 Å². The summed E-state index contributed by atoms with van der Waals surface area (Å²) in [6.45, 7) is 4.36. The Balaban J connectivity index is 1.81. The molecule has 0 unspecified atom stereocenters. The van der Waals surface area contributed by atoms with E-state index in [-0.39, 0.29) is 0 Å². The molecule has 1 aromatic heterocycles. The lowest BCUT2D eigenvalue weighted by Gasteiger charge is -2.03. The van der Waals surface area contributed by atoms with E-state index in [1.165, 1.54) is 11.3 Å². The normalized spacial score (nSPS) is 10.5. The summed E-state index contributed by atoms with van der Waals surface area (Å²) < 4.78 is 10.7. The maximum atomic E-state index is 5.63. The van der Waals surface area contributed by atoms with E-state index < -0.39 is 0 Å². The number of methoxy groups -OCH3 is 1. The fourth-order valence-corrected chi connectivity index (χ4v) is 2.26. The number of benzene rings is 1. The van der Waals surface area contributed by atoms with Crippen LogP contribution < -0.4 is 14.8 Å². The Morgan fingerprint density at radius 2 is 2.00 bits per heavy atom. The van der Waals surface area contributed by atoms with E-state index in [0.717, 1.165) is 35.8 Å². The maximum Gasteiger partial charge on any atom is 0.294 e. The van der Waals surface area contributed by atoms with Crippen LogP contribution in [0.15, 0.2) is 24.3 Å².